The molecule has 1 spiro atoms. The van der Waals surface area contributed by atoms with Crippen molar-refractivity contribution in [3.05, 3.63) is 58.7 Å². The minimum Gasteiger partial charge on any atom is -0.198 e. The third-order valence-corrected chi connectivity index (χ3v) is 5.51. The van der Waals surface area contributed by atoms with Crippen molar-refractivity contribution >= 4 is 0 Å². The molecule has 4 rings (SSSR count). The Labute approximate surface area is 137 Å². The zero-order chi connectivity index (χ0) is 15.9. The average molecular weight is 298 g/mol. The van der Waals surface area contributed by atoms with Crippen molar-refractivity contribution in [3.63, 3.8) is 0 Å². The van der Waals surface area contributed by atoms with Gasteiger partial charge in [-0.15, -0.1) is 0 Å². The van der Waals surface area contributed by atoms with Gasteiger partial charge >= 0.3 is 0 Å². The highest BCUT2D eigenvalue weighted by molar-refractivity contribution is 5.82. The maximum absolute atomic E-state index is 9.01. The summed E-state index contributed by atoms with van der Waals surface area (Å²) >= 11 is 0. The van der Waals surface area contributed by atoms with Gasteiger partial charge < -0.3 is 0 Å². The van der Waals surface area contributed by atoms with Gasteiger partial charge in [-0.3, -0.25) is 0 Å². The van der Waals surface area contributed by atoms with E-state index in [4.69, 9.17) is 10.5 Å². The summed E-state index contributed by atoms with van der Waals surface area (Å²) in [5.74, 6) is 0. The summed E-state index contributed by atoms with van der Waals surface area (Å²) in [6.45, 7) is 0. The molecule has 23 heavy (non-hydrogen) atoms. The third kappa shape index (κ3) is 1.99. The molecule has 2 heteroatoms. The lowest BCUT2D eigenvalue weighted by molar-refractivity contribution is 0.549. The maximum atomic E-state index is 9.01. The summed E-state index contributed by atoms with van der Waals surface area (Å²) in [6.07, 6.45) is 5.85. The van der Waals surface area contributed by atoms with Crippen LogP contribution in [0, 0.1) is 22.7 Å². The predicted molar refractivity (Wildman–Crippen MR) is 89.8 cm³/mol. The van der Waals surface area contributed by atoms with Crippen LogP contribution in [0.25, 0.3) is 11.1 Å². The number of hydrogen-bond acceptors (Lipinski definition) is 2. The lowest BCUT2D eigenvalue weighted by Gasteiger charge is -2.27. The van der Waals surface area contributed by atoms with Crippen molar-refractivity contribution in [2.75, 3.05) is 0 Å². The molecule has 2 nitrogen and oxygen atoms in total. The van der Waals surface area contributed by atoms with Crippen molar-refractivity contribution < 1.29 is 0 Å². The van der Waals surface area contributed by atoms with Gasteiger partial charge in [-0.2, -0.15) is 10.5 Å². The molecular weight excluding hydrogens is 280 g/mol. The lowest BCUT2D eigenvalue weighted by Crippen LogP contribution is -2.20. The van der Waals surface area contributed by atoms with Crippen LogP contribution < -0.4 is 0 Å². The smallest absolute Gasteiger partial charge is 0.0669 e. The van der Waals surface area contributed by atoms with E-state index in [0.717, 1.165) is 11.1 Å². The number of nitrogens with zero attached hydrogens (tertiary/aromatic N) is 2. The van der Waals surface area contributed by atoms with E-state index in [1.54, 1.807) is 0 Å². The highest BCUT2D eigenvalue weighted by Gasteiger charge is 2.44. The molecule has 2 aromatic carbocycles. The quantitative estimate of drug-likeness (QED) is 0.809. The largest absolute Gasteiger partial charge is 0.198 e. The molecule has 0 aliphatic heterocycles. The SMILES string of the molecule is N#CCc1ccc2c(c1)-c1ccc(CC#N)cc1C21CCCC1. The fourth-order valence-electron chi connectivity index (χ4n) is 4.52. The Kier molecular flexibility index (Phi) is 3.21. The van der Waals surface area contributed by atoms with Gasteiger partial charge in [-0.25, -0.2) is 0 Å². The zero-order valence-corrected chi connectivity index (χ0v) is 13.1. The minimum absolute atomic E-state index is 0.140. The Hall–Kier alpha value is -2.58. The van der Waals surface area contributed by atoms with E-state index in [9.17, 15) is 0 Å². The molecule has 2 aromatic rings. The molecule has 0 saturated heterocycles. The molecule has 2 aliphatic carbocycles. The lowest BCUT2D eigenvalue weighted by atomic mass is 9.76. The molecular formula is C21H18N2. The summed E-state index contributed by atoms with van der Waals surface area (Å²) in [5.41, 5.74) is 7.80. The summed E-state index contributed by atoms with van der Waals surface area (Å²) in [6, 6.07) is 17.6. The first kappa shape index (κ1) is 14.0. The normalized spacial score (nSPS) is 16.6. The molecule has 0 unspecified atom stereocenters. The molecule has 0 radical (unpaired) electrons. The average Bonchev–Trinajstić information content (AvgIpc) is 3.15. The van der Waals surface area contributed by atoms with Crippen LogP contribution in [0.15, 0.2) is 36.4 Å². The van der Waals surface area contributed by atoms with Crippen LogP contribution >= 0.6 is 0 Å². The number of benzene rings is 2. The fraction of sp³-hybridized carbons (Fsp3) is 0.333. The Morgan fingerprint density at radius 2 is 1.43 bits per heavy atom. The van der Waals surface area contributed by atoms with E-state index in [-0.39, 0.29) is 5.41 Å². The number of rotatable bonds is 2. The Balaban J connectivity index is 1.94. The first-order valence-electron chi connectivity index (χ1n) is 8.29. The topological polar surface area (TPSA) is 47.6 Å². The summed E-state index contributed by atoms with van der Waals surface area (Å²) in [5, 5.41) is 18.0. The van der Waals surface area contributed by atoms with Crippen LogP contribution in [0.5, 0.6) is 0 Å². The van der Waals surface area contributed by atoms with E-state index < -0.39 is 0 Å². The first-order valence-corrected chi connectivity index (χ1v) is 8.29. The van der Waals surface area contributed by atoms with Gasteiger partial charge in [0.05, 0.1) is 25.0 Å². The zero-order valence-electron chi connectivity index (χ0n) is 13.1. The summed E-state index contributed by atoms with van der Waals surface area (Å²) in [4.78, 5) is 0. The van der Waals surface area contributed by atoms with E-state index >= 15 is 0 Å². The van der Waals surface area contributed by atoms with Crippen molar-refractivity contribution in [3.8, 4) is 23.3 Å². The second-order valence-corrected chi connectivity index (χ2v) is 6.72. The molecule has 0 heterocycles. The molecule has 0 atom stereocenters. The van der Waals surface area contributed by atoms with Crippen LogP contribution in [0.1, 0.15) is 47.9 Å². The molecule has 112 valence electrons. The highest BCUT2D eigenvalue weighted by atomic mass is 14.5. The monoisotopic (exact) mass is 298 g/mol. The first-order chi connectivity index (χ1) is 11.3. The van der Waals surface area contributed by atoms with Crippen molar-refractivity contribution in [1.29, 1.82) is 10.5 Å². The van der Waals surface area contributed by atoms with Crippen molar-refractivity contribution in [1.82, 2.24) is 0 Å². The summed E-state index contributed by atoms with van der Waals surface area (Å²) in [7, 11) is 0. The van der Waals surface area contributed by atoms with Crippen LogP contribution in [-0.4, -0.2) is 0 Å². The van der Waals surface area contributed by atoms with Gasteiger partial charge in [0.25, 0.3) is 0 Å². The molecule has 1 saturated carbocycles. The van der Waals surface area contributed by atoms with Gasteiger partial charge in [0, 0.05) is 5.41 Å². The van der Waals surface area contributed by atoms with Crippen LogP contribution in [-0.2, 0) is 18.3 Å². The van der Waals surface area contributed by atoms with Crippen LogP contribution in [0.4, 0.5) is 0 Å². The highest BCUT2D eigenvalue weighted by Crippen LogP contribution is 2.57. The van der Waals surface area contributed by atoms with Crippen LogP contribution in [0.3, 0.4) is 0 Å². The number of hydrogen-bond donors (Lipinski definition) is 0. The van der Waals surface area contributed by atoms with Gasteiger partial charge in [0.1, 0.15) is 0 Å². The van der Waals surface area contributed by atoms with E-state index in [1.165, 1.54) is 47.9 Å². The van der Waals surface area contributed by atoms with Gasteiger partial charge in [0.15, 0.2) is 0 Å². The maximum Gasteiger partial charge on any atom is 0.0669 e. The second kappa shape index (κ2) is 5.25. The van der Waals surface area contributed by atoms with E-state index in [1.807, 2.05) is 0 Å². The predicted octanol–water partition coefficient (Wildman–Crippen LogP) is 4.66. The van der Waals surface area contributed by atoms with Crippen LogP contribution in [0.2, 0.25) is 0 Å². The molecule has 0 aromatic heterocycles. The van der Waals surface area contributed by atoms with Crippen molar-refractivity contribution in [2.45, 2.75) is 43.9 Å². The molecule has 0 amide bonds. The molecule has 2 aliphatic rings. The molecule has 0 N–H and O–H groups in total. The van der Waals surface area contributed by atoms with E-state index in [0.29, 0.717) is 12.8 Å². The van der Waals surface area contributed by atoms with Gasteiger partial charge in [0.2, 0.25) is 0 Å². The fourth-order valence-corrected chi connectivity index (χ4v) is 4.52. The van der Waals surface area contributed by atoms with Gasteiger partial charge in [-0.05, 0) is 52.3 Å². The second-order valence-electron chi connectivity index (χ2n) is 6.72. The van der Waals surface area contributed by atoms with E-state index in [2.05, 4.69) is 48.5 Å². The molecule has 1 fully saturated rings. The Morgan fingerprint density at radius 3 is 2.13 bits per heavy atom. The Bertz CT molecular complexity index is 858. The van der Waals surface area contributed by atoms with Gasteiger partial charge in [-0.1, -0.05) is 43.2 Å². The summed E-state index contributed by atoms with van der Waals surface area (Å²) < 4.78 is 0. The van der Waals surface area contributed by atoms with Crippen molar-refractivity contribution in [2.24, 2.45) is 0 Å². The number of nitriles is 2. The number of fused-ring (bicyclic) bond motifs is 5. The Morgan fingerprint density at radius 1 is 0.783 bits per heavy atom. The standard InChI is InChI=1S/C21H18N2/c22-11-7-15-4-6-19-18(13-15)17-5-3-16(8-12-23)14-20(17)21(19)9-1-2-10-21/h3-6,13-14H,1-2,7-10H2. The molecule has 0 bridgehead atoms. The third-order valence-electron chi connectivity index (χ3n) is 5.51. The minimum atomic E-state index is 0.140.